The number of ether oxygens (including phenoxy) is 1. The summed E-state index contributed by atoms with van der Waals surface area (Å²) in [5.41, 5.74) is 0. The van der Waals surface area contributed by atoms with Crippen molar-refractivity contribution < 1.29 is 14.0 Å². The van der Waals surface area contributed by atoms with E-state index in [0.717, 1.165) is 32.3 Å². The Hall–Kier alpha value is -2.17. The van der Waals surface area contributed by atoms with E-state index >= 15 is 0 Å². The number of hydrogen-bond acceptors (Lipinski definition) is 3. The van der Waals surface area contributed by atoms with Crippen molar-refractivity contribution in [3.05, 3.63) is 72.8 Å². The van der Waals surface area contributed by atoms with E-state index in [9.17, 15) is 4.79 Å². The van der Waals surface area contributed by atoms with E-state index in [-0.39, 0.29) is 17.1 Å². The molecule has 0 aliphatic carbocycles. The molecule has 0 aromatic heterocycles. The van der Waals surface area contributed by atoms with Crippen molar-refractivity contribution in [2.45, 2.75) is 64.5 Å². The maximum absolute atomic E-state index is 11.5. The number of carbonyl (C=O) groups excluding carboxylic acids is 1. The third kappa shape index (κ3) is 5.75. The Morgan fingerprint density at radius 3 is 2.13 bits per heavy atom. The Kier molecular flexibility index (Phi) is 7.90. The Bertz CT molecular complexity index is 816. The fourth-order valence-corrected chi connectivity index (χ4v) is 9.30. The summed E-state index contributed by atoms with van der Waals surface area (Å²) in [4.78, 5) is 11.5. The lowest BCUT2D eigenvalue weighted by Crippen LogP contribution is -2.66. The van der Waals surface area contributed by atoms with Crippen LogP contribution in [0.15, 0.2) is 72.8 Å². The lowest BCUT2D eigenvalue weighted by atomic mass is 9.96. The number of benzene rings is 2. The van der Waals surface area contributed by atoms with E-state index in [1.165, 1.54) is 16.4 Å². The Balaban J connectivity index is 1.70. The molecule has 0 N–H and O–H groups in total. The van der Waals surface area contributed by atoms with E-state index in [1.807, 2.05) is 6.08 Å². The van der Waals surface area contributed by atoms with Crippen LogP contribution in [0.4, 0.5) is 0 Å². The zero-order chi connectivity index (χ0) is 22.3. The van der Waals surface area contributed by atoms with E-state index < -0.39 is 8.32 Å². The number of rotatable bonds is 9. The lowest BCUT2D eigenvalue weighted by Gasteiger charge is -2.43. The molecule has 0 bridgehead atoms. The fraction of sp³-hybridized carbons (Fsp3) is 0.444. The molecule has 0 saturated heterocycles. The molecule has 166 valence electrons. The standard InChI is InChI=1S/C27H36O3Si/c1-22(21-23-14-11-19-26(28)30-23)13-12-20-29-31(27(2,3)4,24-15-7-5-8-16-24)25-17-9-6-10-18-25/h5-11,15-19,22-23H,12-14,20-21H2,1-4H3/t22-,23-/m0/s1. The van der Waals surface area contributed by atoms with Gasteiger partial charge in [0, 0.05) is 19.1 Å². The third-order valence-electron chi connectivity index (χ3n) is 6.18. The largest absolute Gasteiger partial charge is 0.459 e. The maximum Gasteiger partial charge on any atom is 0.330 e. The predicted molar refractivity (Wildman–Crippen MR) is 130 cm³/mol. The van der Waals surface area contributed by atoms with Crippen LogP contribution in [0.1, 0.15) is 53.4 Å². The van der Waals surface area contributed by atoms with Gasteiger partial charge in [-0.1, -0.05) is 94.4 Å². The van der Waals surface area contributed by atoms with Crippen molar-refractivity contribution in [3.63, 3.8) is 0 Å². The summed E-state index contributed by atoms with van der Waals surface area (Å²) < 4.78 is 12.4. The highest BCUT2D eigenvalue weighted by Gasteiger charge is 2.49. The van der Waals surface area contributed by atoms with Gasteiger partial charge in [0.25, 0.3) is 8.32 Å². The Morgan fingerprint density at radius 2 is 1.61 bits per heavy atom. The molecule has 31 heavy (non-hydrogen) atoms. The Morgan fingerprint density at radius 1 is 1.03 bits per heavy atom. The highest BCUT2D eigenvalue weighted by molar-refractivity contribution is 6.99. The van der Waals surface area contributed by atoms with Crippen LogP contribution in [-0.4, -0.2) is 27.0 Å². The predicted octanol–water partition coefficient (Wildman–Crippen LogP) is 5.24. The molecule has 2 aromatic rings. The van der Waals surface area contributed by atoms with Gasteiger partial charge in [0.2, 0.25) is 0 Å². The zero-order valence-electron chi connectivity index (χ0n) is 19.3. The molecule has 0 amide bonds. The topological polar surface area (TPSA) is 35.5 Å². The lowest BCUT2D eigenvalue weighted by molar-refractivity contribution is -0.144. The maximum atomic E-state index is 11.5. The highest BCUT2D eigenvalue weighted by atomic mass is 28.4. The summed E-state index contributed by atoms with van der Waals surface area (Å²) in [6.45, 7) is 9.92. The van der Waals surface area contributed by atoms with E-state index in [2.05, 4.69) is 88.4 Å². The molecule has 0 saturated carbocycles. The first kappa shape index (κ1) is 23.5. The minimum Gasteiger partial charge on any atom is -0.459 e. The van der Waals surface area contributed by atoms with Crippen LogP contribution in [0.3, 0.4) is 0 Å². The number of carbonyl (C=O) groups is 1. The van der Waals surface area contributed by atoms with Gasteiger partial charge in [-0.05, 0) is 40.6 Å². The monoisotopic (exact) mass is 436 g/mol. The smallest absolute Gasteiger partial charge is 0.330 e. The van der Waals surface area contributed by atoms with Gasteiger partial charge in [-0.2, -0.15) is 0 Å². The van der Waals surface area contributed by atoms with Gasteiger partial charge in [0.15, 0.2) is 0 Å². The van der Waals surface area contributed by atoms with Crippen LogP contribution in [-0.2, 0) is 14.0 Å². The minimum atomic E-state index is -2.45. The molecule has 2 aromatic carbocycles. The number of esters is 1. The van der Waals surface area contributed by atoms with Crippen molar-refractivity contribution in [2.75, 3.05) is 6.61 Å². The van der Waals surface area contributed by atoms with E-state index in [4.69, 9.17) is 9.16 Å². The van der Waals surface area contributed by atoms with E-state index in [1.54, 1.807) is 0 Å². The summed E-state index contributed by atoms with van der Waals surface area (Å²) >= 11 is 0. The Labute approximate surface area is 188 Å². The molecule has 0 fully saturated rings. The fourth-order valence-electron chi connectivity index (χ4n) is 4.70. The van der Waals surface area contributed by atoms with Gasteiger partial charge < -0.3 is 9.16 Å². The summed E-state index contributed by atoms with van der Waals surface area (Å²) in [5, 5.41) is 2.65. The third-order valence-corrected chi connectivity index (χ3v) is 11.2. The molecule has 3 rings (SSSR count). The summed E-state index contributed by atoms with van der Waals surface area (Å²) in [5.74, 6) is 0.283. The molecular weight excluding hydrogens is 400 g/mol. The van der Waals surface area contributed by atoms with Gasteiger partial charge in [0.05, 0.1) is 0 Å². The van der Waals surface area contributed by atoms with Crippen LogP contribution < -0.4 is 10.4 Å². The van der Waals surface area contributed by atoms with Gasteiger partial charge in [-0.3, -0.25) is 0 Å². The second-order valence-electron chi connectivity index (χ2n) is 9.69. The first-order valence-corrected chi connectivity index (χ1v) is 13.4. The van der Waals surface area contributed by atoms with E-state index in [0.29, 0.717) is 5.92 Å². The number of hydrogen-bond donors (Lipinski definition) is 0. The first-order valence-electron chi connectivity index (χ1n) is 11.4. The average molecular weight is 437 g/mol. The molecule has 1 aliphatic rings. The molecule has 0 spiro atoms. The molecule has 0 unspecified atom stereocenters. The van der Waals surface area contributed by atoms with Crippen LogP contribution in [0.2, 0.25) is 5.04 Å². The molecular formula is C27H36O3Si. The number of cyclic esters (lactones) is 1. The summed E-state index contributed by atoms with van der Waals surface area (Å²) in [7, 11) is -2.45. The van der Waals surface area contributed by atoms with Crippen molar-refractivity contribution in [2.24, 2.45) is 5.92 Å². The summed E-state index contributed by atoms with van der Waals surface area (Å²) in [6, 6.07) is 21.6. The summed E-state index contributed by atoms with van der Waals surface area (Å²) in [6.07, 6.45) is 7.28. The SMILES string of the molecule is C[C@@H](CCCO[Si](c1ccccc1)(c1ccccc1)C(C)(C)C)C[C@@H]1CC=CC(=O)O1. The zero-order valence-corrected chi connectivity index (χ0v) is 20.3. The molecule has 3 nitrogen and oxygen atoms in total. The molecule has 1 aliphatic heterocycles. The van der Waals surface area contributed by atoms with Crippen LogP contribution >= 0.6 is 0 Å². The van der Waals surface area contributed by atoms with Crippen LogP contribution in [0.25, 0.3) is 0 Å². The van der Waals surface area contributed by atoms with Gasteiger partial charge in [0.1, 0.15) is 6.10 Å². The first-order chi connectivity index (χ1) is 14.8. The minimum absolute atomic E-state index is 0.00392. The second kappa shape index (κ2) is 10.4. The van der Waals surface area contributed by atoms with Gasteiger partial charge in [-0.25, -0.2) is 4.79 Å². The van der Waals surface area contributed by atoms with Crippen molar-refractivity contribution in [3.8, 4) is 0 Å². The average Bonchev–Trinajstić information content (AvgIpc) is 2.74. The normalized spacial score (nSPS) is 17.9. The quantitative estimate of drug-likeness (QED) is 0.306. The molecule has 4 heteroatoms. The second-order valence-corrected chi connectivity index (χ2v) is 14.0. The van der Waals surface area contributed by atoms with Crippen molar-refractivity contribution >= 4 is 24.7 Å². The molecule has 0 radical (unpaired) electrons. The molecule has 2 atom stereocenters. The van der Waals surface area contributed by atoms with Crippen molar-refractivity contribution in [1.29, 1.82) is 0 Å². The van der Waals surface area contributed by atoms with Gasteiger partial charge in [-0.15, -0.1) is 0 Å². The van der Waals surface area contributed by atoms with Gasteiger partial charge >= 0.3 is 5.97 Å². The van der Waals surface area contributed by atoms with Crippen molar-refractivity contribution in [1.82, 2.24) is 0 Å². The van der Waals surface area contributed by atoms with Crippen LogP contribution in [0.5, 0.6) is 0 Å². The highest BCUT2D eigenvalue weighted by Crippen LogP contribution is 2.37. The van der Waals surface area contributed by atoms with Crippen LogP contribution in [0, 0.1) is 5.92 Å². The molecule has 1 heterocycles.